The van der Waals surface area contributed by atoms with Crippen molar-refractivity contribution in [3.05, 3.63) is 122 Å². The largest absolute Gasteiger partial charge is 0.490 e. The predicted octanol–water partition coefficient (Wildman–Crippen LogP) is 8.18. The molecule has 1 aliphatic heterocycles. The van der Waals surface area contributed by atoms with Crippen molar-refractivity contribution >= 4 is 64.4 Å². The highest BCUT2D eigenvalue weighted by atomic mass is 35.5. The van der Waals surface area contributed by atoms with E-state index in [-0.39, 0.29) is 28.6 Å². The first-order valence-corrected chi connectivity index (χ1v) is 15.0. The minimum atomic E-state index is -0.867. The number of imide groups is 2. The van der Waals surface area contributed by atoms with Crippen molar-refractivity contribution in [2.24, 2.45) is 0 Å². The number of hydrogen-bond acceptors (Lipinski definition) is 6. The molecular weight excluding hydrogens is 639 g/mol. The molecule has 1 fully saturated rings. The Bertz CT molecular complexity index is 1790. The van der Waals surface area contributed by atoms with E-state index in [1.807, 2.05) is 31.2 Å². The van der Waals surface area contributed by atoms with Crippen LogP contribution >= 0.6 is 34.8 Å². The molecule has 4 amide bonds. The monoisotopic (exact) mass is 664 g/mol. The van der Waals surface area contributed by atoms with Gasteiger partial charge >= 0.3 is 6.03 Å². The lowest BCUT2D eigenvalue weighted by molar-refractivity contribution is -0.122. The zero-order valence-corrected chi connectivity index (χ0v) is 26.5. The van der Waals surface area contributed by atoms with Gasteiger partial charge < -0.3 is 14.2 Å². The normalized spacial score (nSPS) is 14.0. The number of aryl methyl sites for hydroxylation is 1. The Kier molecular flexibility index (Phi) is 9.98. The number of benzene rings is 4. The van der Waals surface area contributed by atoms with E-state index in [9.17, 15) is 14.4 Å². The molecule has 4 aromatic rings. The summed E-state index contributed by atoms with van der Waals surface area (Å²) < 4.78 is 17.5. The van der Waals surface area contributed by atoms with E-state index in [0.717, 1.165) is 16.0 Å². The number of rotatable bonds is 10. The number of carbonyl (C=O) groups excluding carboxylic acids is 3. The Hall–Kier alpha value is -4.50. The minimum Gasteiger partial charge on any atom is -0.490 e. The average molecular weight is 666 g/mol. The van der Waals surface area contributed by atoms with Crippen LogP contribution in [0.5, 0.6) is 17.2 Å². The van der Waals surface area contributed by atoms with Crippen molar-refractivity contribution < 1.29 is 28.6 Å². The molecule has 1 saturated heterocycles. The Morgan fingerprint density at radius 3 is 2.22 bits per heavy atom. The SMILES string of the molecule is CCOc1cc(/C=C2\C(=O)NC(=O)N(c3ccc(OCc4ccc(C)cc4)cc3)C2=O)cc(Cl)c1OCc1ccc(Cl)cc1Cl. The number of carbonyl (C=O) groups is 3. The maximum atomic E-state index is 13.5. The van der Waals surface area contributed by atoms with Crippen LogP contribution in [-0.4, -0.2) is 24.5 Å². The summed E-state index contributed by atoms with van der Waals surface area (Å²) in [5.74, 6) is -0.544. The zero-order valence-electron chi connectivity index (χ0n) is 24.2. The van der Waals surface area contributed by atoms with E-state index in [0.29, 0.717) is 45.9 Å². The van der Waals surface area contributed by atoms with Gasteiger partial charge in [0.15, 0.2) is 11.5 Å². The predicted molar refractivity (Wildman–Crippen MR) is 174 cm³/mol. The number of barbiturate groups is 1. The van der Waals surface area contributed by atoms with Crippen molar-refractivity contribution in [1.29, 1.82) is 0 Å². The molecule has 5 rings (SSSR count). The average Bonchev–Trinajstić information content (AvgIpc) is 3.00. The fourth-order valence-corrected chi connectivity index (χ4v) is 5.20. The Balaban J connectivity index is 1.35. The molecule has 0 aromatic heterocycles. The zero-order chi connectivity index (χ0) is 32.1. The molecule has 230 valence electrons. The van der Waals surface area contributed by atoms with Gasteiger partial charge in [0.05, 0.1) is 17.3 Å². The van der Waals surface area contributed by atoms with Crippen LogP contribution in [0.3, 0.4) is 0 Å². The van der Waals surface area contributed by atoms with Gasteiger partial charge in [0.1, 0.15) is 24.5 Å². The first kappa shape index (κ1) is 31.9. The molecular formula is C34H27Cl3N2O6. The van der Waals surface area contributed by atoms with Crippen molar-refractivity contribution in [2.45, 2.75) is 27.1 Å². The number of amides is 4. The van der Waals surface area contributed by atoms with E-state index in [2.05, 4.69) is 5.32 Å². The smallest absolute Gasteiger partial charge is 0.335 e. The molecule has 45 heavy (non-hydrogen) atoms. The van der Waals surface area contributed by atoms with E-state index >= 15 is 0 Å². The number of nitrogens with one attached hydrogen (secondary N) is 1. The lowest BCUT2D eigenvalue weighted by atomic mass is 10.1. The molecule has 0 saturated carbocycles. The van der Waals surface area contributed by atoms with Crippen molar-refractivity contribution in [2.75, 3.05) is 11.5 Å². The first-order chi connectivity index (χ1) is 21.6. The molecule has 1 aliphatic rings. The Morgan fingerprint density at radius 2 is 1.53 bits per heavy atom. The lowest BCUT2D eigenvalue weighted by Crippen LogP contribution is -2.54. The van der Waals surface area contributed by atoms with Crippen LogP contribution in [-0.2, 0) is 22.8 Å². The van der Waals surface area contributed by atoms with Crippen molar-refractivity contribution in [3.63, 3.8) is 0 Å². The van der Waals surface area contributed by atoms with E-state index < -0.39 is 17.8 Å². The topological polar surface area (TPSA) is 94.2 Å². The molecule has 0 bridgehead atoms. The molecule has 0 radical (unpaired) electrons. The van der Waals surface area contributed by atoms with Crippen LogP contribution in [0, 0.1) is 6.92 Å². The van der Waals surface area contributed by atoms with Gasteiger partial charge in [-0.05, 0) is 79.6 Å². The van der Waals surface area contributed by atoms with Crippen LogP contribution in [0.15, 0.2) is 84.4 Å². The summed E-state index contributed by atoms with van der Waals surface area (Å²) in [5, 5.41) is 3.33. The molecule has 0 aliphatic carbocycles. The molecule has 4 aromatic carbocycles. The number of anilines is 1. The molecule has 1 heterocycles. The second kappa shape index (κ2) is 14.1. The summed E-state index contributed by atoms with van der Waals surface area (Å²) in [6.45, 7) is 4.54. The molecule has 8 nitrogen and oxygen atoms in total. The van der Waals surface area contributed by atoms with Crippen LogP contribution in [0.1, 0.15) is 29.2 Å². The van der Waals surface area contributed by atoms with Gasteiger partial charge in [0, 0.05) is 15.6 Å². The Morgan fingerprint density at radius 1 is 0.800 bits per heavy atom. The van der Waals surface area contributed by atoms with Gasteiger partial charge in [-0.25, -0.2) is 9.69 Å². The summed E-state index contributed by atoms with van der Waals surface area (Å²) in [4.78, 5) is 39.9. The van der Waals surface area contributed by atoms with Crippen LogP contribution < -0.4 is 24.4 Å². The van der Waals surface area contributed by atoms with Gasteiger partial charge in [0.25, 0.3) is 11.8 Å². The van der Waals surface area contributed by atoms with Gasteiger partial charge in [0.2, 0.25) is 0 Å². The number of urea groups is 1. The van der Waals surface area contributed by atoms with Crippen LogP contribution in [0.25, 0.3) is 6.08 Å². The van der Waals surface area contributed by atoms with Crippen molar-refractivity contribution in [1.82, 2.24) is 5.32 Å². The standard InChI is InChI=1S/C34H27Cl3N2O6/c1-3-43-30-16-22(15-29(37)31(30)45-19-23-8-9-24(35)17-28(23)36)14-27-32(40)38-34(42)39(33(27)41)25-10-12-26(13-11-25)44-18-21-6-4-20(2)5-7-21/h4-17H,3,18-19H2,1-2H3,(H,38,40,42)/b27-14+. The minimum absolute atomic E-state index is 0.0873. The maximum absolute atomic E-state index is 13.5. The fourth-order valence-electron chi connectivity index (χ4n) is 4.46. The highest BCUT2D eigenvalue weighted by molar-refractivity contribution is 6.39. The molecule has 0 unspecified atom stereocenters. The summed E-state index contributed by atoms with van der Waals surface area (Å²) in [5.41, 5.74) is 3.21. The molecule has 11 heteroatoms. The van der Waals surface area contributed by atoms with Gasteiger partial charge in [-0.3, -0.25) is 14.9 Å². The number of nitrogens with zero attached hydrogens (tertiary/aromatic N) is 1. The van der Waals surface area contributed by atoms with Crippen LogP contribution in [0.2, 0.25) is 15.1 Å². The highest BCUT2D eigenvalue weighted by Crippen LogP contribution is 2.38. The molecule has 1 N–H and O–H groups in total. The van der Waals surface area contributed by atoms with Gasteiger partial charge in [-0.2, -0.15) is 0 Å². The quantitative estimate of drug-likeness (QED) is 0.136. The van der Waals surface area contributed by atoms with Gasteiger partial charge in [-0.15, -0.1) is 0 Å². The number of ether oxygens (including phenoxy) is 3. The van der Waals surface area contributed by atoms with E-state index in [1.165, 1.54) is 12.1 Å². The third-order valence-corrected chi connectivity index (χ3v) is 7.62. The lowest BCUT2D eigenvalue weighted by Gasteiger charge is -2.26. The summed E-state index contributed by atoms with van der Waals surface area (Å²) in [7, 11) is 0. The maximum Gasteiger partial charge on any atom is 0.335 e. The molecule has 0 atom stereocenters. The van der Waals surface area contributed by atoms with Crippen molar-refractivity contribution in [3.8, 4) is 17.2 Å². The number of halogens is 3. The highest BCUT2D eigenvalue weighted by Gasteiger charge is 2.37. The van der Waals surface area contributed by atoms with Gasteiger partial charge in [-0.1, -0.05) is 70.7 Å². The van der Waals surface area contributed by atoms with E-state index in [4.69, 9.17) is 49.0 Å². The third-order valence-electron chi connectivity index (χ3n) is 6.75. The number of hydrogen-bond donors (Lipinski definition) is 1. The second-order valence-electron chi connectivity index (χ2n) is 10.0. The second-order valence-corrected chi connectivity index (χ2v) is 11.3. The van der Waals surface area contributed by atoms with Crippen LogP contribution in [0.4, 0.5) is 10.5 Å². The molecule has 0 spiro atoms. The third kappa shape index (κ3) is 7.60. The Labute approximate surface area is 275 Å². The summed E-state index contributed by atoms with van der Waals surface area (Å²) >= 11 is 18.8. The summed E-state index contributed by atoms with van der Waals surface area (Å²) in [6.07, 6.45) is 1.34. The first-order valence-electron chi connectivity index (χ1n) is 13.9. The fraction of sp³-hybridized carbons (Fsp3) is 0.147. The van der Waals surface area contributed by atoms with E-state index in [1.54, 1.807) is 55.5 Å². The summed E-state index contributed by atoms with van der Waals surface area (Å²) in [6, 6.07) is 21.7.